The molecule has 3 heterocycles. The van der Waals surface area contributed by atoms with Crippen molar-refractivity contribution in [1.29, 1.82) is 0 Å². The highest BCUT2D eigenvalue weighted by molar-refractivity contribution is 5.95. The van der Waals surface area contributed by atoms with Crippen LogP contribution in [0.1, 0.15) is 10.4 Å². The van der Waals surface area contributed by atoms with E-state index in [2.05, 4.69) is 15.1 Å². The second kappa shape index (κ2) is 7.47. The van der Waals surface area contributed by atoms with E-state index < -0.39 is 4.92 Å². The first-order chi connectivity index (χ1) is 13.6. The largest absolute Gasteiger partial charge is 0.463 e. The average Bonchev–Trinajstić information content (AvgIpc) is 3.28. The molecular formula is C19H17N5O4. The molecule has 1 saturated heterocycles. The summed E-state index contributed by atoms with van der Waals surface area (Å²) in [5.41, 5.74) is 0.898. The molecule has 1 fully saturated rings. The van der Waals surface area contributed by atoms with Gasteiger partial charge in [-0.2, -0.15) is 0 Å². The normalized spacial score (nSPS) is 14.1. The van der Waals surface area contributed by atoms with E-state index in [9.17, 15) is 14.9 Å². The Labute approximate surface area is 160 Å². The van der Waals surface area contributed by atoms with Crippen molar-refractivity contribution < 1.29 is 14.1 Å². The molecule has 1 aromatic carbocycles. The number of furan rings is 1. The van der Waals surface area contributed by atoms with Gasteiger partial charge in [0, 0.05) is 43.9 Å². The van der Waals surface area contributed by atoms with Gasteiger partial charge in [-0.3, -0.25) is 14.9 Å². The second-order valence-corrected chi connectivity index (χ2v) is 6.34. The number of carbonyl (C=O) groups excluding carboxylic acids is 1. The van der Waals surface area contributed by atoms with Gasteiger partial charge in [-0.15, -0.1) is 10.2 Å². The minimum Gasteiger partial charge on any atom is -0.463 e. The van der Waals surface area contributed by atoms with Crippen LogP contribution >= 0.6 is 0 Å². The van der Waals surface area contributed by atoms with Crippen molar-refractivity contribution in [2.75, 3.05) is 31.1 Å². The van der Waals surface area contributed by atoms with Crippen LogP contribution in [0.3, 0.4) is 0 Å². The maximum atomic E-state index is 12.6. The third kappa shape index (κ3) is 3.54. The molecule has 0 atom stereocenters. The Bertz CT molecular complexity index is 980. The van der Waals surface area contributed by atoms with Crippen LogP contribution in [0.25, 0.3) is 11.5 Å². The first-order valence-electron chi connectivity index (χ1n) is 8.78. The molecule has 142 valence electrons. The van der Waals surface area contributed by atoms with E-state index in [-0.39, 0.29) is 11.6 Å². The Hall–Kier alpha value is -3.75. The fourth-order valence-electron chi connectivity index (χ4n) is 3.12. The maximum Gasteiger partial charge on any atom is 0.270 e. The quantitative estimate of drug-likeness (QED) is 0.507. The van der Waals surface area contributed by atoms with Crippen LogP contribution in [0.5, 0.6) is 0 Å². The summed E-state index contributed by atoms with van der Waals surface area (Å²) >= 11 is 0. The van der Waals surface area contributed by atoms with Crippen LogP contribution in [0.4, 0.5) is 11.5 Å². The molecule has 4 rings (SSSR count). The third-order valence-corrected chi connectivity index (χ3v) is 4.62. The summed E-state index contributed by atoms with van der Waals surface area (Å²) < 4.78 is 5.31. The van der Waals surface area contributed by atoms with Gasteiger partial charge in [-0.25, -0.2) is 0 Å². The van der Waals surface area contributed by atoms with Gasteiger partial charge in [-0.1, -0.05) is 6.07 Å². The van der Waals surface area contributed by atoms with Crippen molar-refractivity contribution in [3.63, 3.8) is 0 Å². The lowest BCUT2D eigenvalue weighted by Crippen LogP contribution is -2.49. The molecule has 1 aliphatic rings. The number of aromatic nitrogens is 2. The van der Waals surface area contributed by atoms with Crippen molar-refractivity contribution in [3.05, 3.63) is 70.5 Å². The van der Waals surface area contributed by atoms with Gasteiger partial charge >= 0.3 is 0 Å². The van der Waals surface area contributed by atoms with E-state index in [1.54, 1.807) is 23.3 Å². The summed E-state index contributed by atoms with van der Waals surface area (Å²) in [4.78, 5) is 26.8. The van der Waals surface area contributed by atoms with Crippen molar-refractivity contribution in [2.24, 2.45) is 0 Å². The van der Waals surface area contributed by atoms with Crippen molar-refractivity contribution in [2.45, 2.75) is 0 Å². The van der Waals surface area contributed by atoms with E-state index in [4.69, 9.17) is 4.42 Å². The number of hydrogen-bond donors (Lipinski definition) is 0. The minimum atomic E-state index is -0.500. The predicted octanol–water partition coefficient (Wildman–Crippen LogP) is 2.61. The molecule has 9 heteroatoms. The standard InChI is InChI=1S/C19H17N5O4/c25-19(14-3-1-4-15(13-14)24(26)27)23-10-8-22(9-11-23)18-7-6-16(20-21-18)17-5-2-12-28-17/h1-7,12-13H,8-11H2. The zero-order valence-corrected chi connectivity index (χ0v) is 14.9. The van der Waals surface area contributed by atoms with Crippen LogP contribution in [0.15, 0.2) is 59.2 Å². The Balaban J connectivity index is 1.40. The van der Waals surface area contributed by atoms with Gasteiger partial charge in [0.2, 0.25) is 0 Å². The van der Waals surface area contributed by atoms with Gasteiger partial charge in [0.15, 0.2) is 11.6 Å². The number of anilines is 1. The number of non-ortho nitro benzene ring substituents is 1. The number of nitro groups is 1. The van der Waals surface area contributed by atoms with E-state index in [0.717, 1.165) is 5.82 Å². The number of hydrogen-bond acceptors (Lipinski definition) is 7. The molecule has 0 saturated carbocycles. The lowest BCUT2D eigenvalue weighted by molar-refractivity contribution is -0.384. The van der Waals surface area contributed by atoms with Crippen molar-refractivity contribution in [3.8, 4) is 11.5 Å². The molecule has 0 N–H and O–H groups in total. The number of rotatable bonds is 4. The first-order valence-corrected chi connectivity index (χ1v) is 8.78. The Morgan fingerprint density at radius 2 is 1.86 bits per heavy atom. The number of benzene rings is 1. The van der Waals surface area contributed by atoms with Crippen LogP contribution < -0.4 is 4.90 Å². The van der Waals surface area contributed by atoms with E-state index in [1.165, 1.54) is 18.2 Å². The fourth-order valence-corrected chi connectivity index (χ4v) is 3.12. The maximum absolute atomic E-state index is 12.6. The SMILES string of the molecule is O=C(c1cccc([N+](=O)[O-])c1)N1CCN(c2ccc(-c3ccco3)nn2)CC1. The fraction of sp³-hybridized carbons (Fsp3) is 0.211. The Morgan fingerprint density at radius 1 is 1.04 bits per heavy atom. The van der Waals surface area contributed by atoms with Crippen LogP contribution in [-0.4, -0.2) is 52.1 Å². The number of amides is 1. The van der Waals surface area contributed by atoms with Gasteiger partial charge in [0.1, 0.15) is 5.69 Å². The molecule has 0 spiro atoms. The predicted molar refractivity (Wildman–Crippen MR) is 101 cm³/mol. The molecule has 3 aromatic rings. The van der Waals surface area contributed by atoms with E-state index in [0.29, 0.717) is 43.2 Å². The van der Waals surface area contributed by atoms with Crippen LogP contribution in [-0.2, 0) is 0 Å². The van der Waals surface area contributed by atoms with E-state index in [1.807, 2.05) is 18.2 Å². The highest BCUT2D eigenvalue weighted by atomic mass is 16.6. The summed E-state index contributed by atoms with van der Waals surface area (Å²) in [6.45, 7) is 2.22. The molecule has 28 heavy (non-hydrogen) atoms. The van der Waals surface area contributed by atoms with Gasteiger partial charge in [0.25, 0.3) is 11.6 Å². The molecule has 9 nitrogen and oxygen atoms in total. The molecular weight excluding hydrogens is 362 g/mol. The summed E-state index contributed by atoms with van der Waals surface area (Å²) in [6, 6.07) is 13.2. The number of carbonyl (C=O) groups is 1. The highest BCUT2D eigenvalue weighted by Crippen LogP contribution is 2.20. The van der Waals surface area contributed by atoms with Gasteiger partial charge in [-0.05, 0) is 30.3 Å². The molecule has 2 aromatic heterocycles. The van der Waals surface area contributed by atoms with Gasteiger partial charge in [0.05, 0.1) is 11.2 Å². The number of piperazine rings is 1. The molecule has 0 radical (unpaired) electrons. The summed E-state index contributed by atoms with van der Waals surface area (Å²) in [5, 5.41) is 19.4. The van der Waals surface area contributed by atoms with E-state index >= 15 is 0 Å². The zero-order chi connectivity index (χ0) is 19.5. The smallest absolute Gasteiger partial charge is 0.270 e. The van der Waals surface area contributed by atoms with Crippen LogP contribution in [0, 0.1) is 10.1 Å². The highest BCUT2D eigenvalue weighted by Gasteiger charge is 2.24. The molecule has 0 bridgehead atoms. The molecule has 0 aliphatic carbocycles. The Morgan fingerprint density at radius 3 is 2.50 bits per heavy atom. The van der Waals surface area contributed by atoms with Gasteiger partial charge < -0.3 is 14.2 Å². The van der Waals surface area contributed by atoms with Crippen molar-refractivity contribution in [1.82, 2.24) is 15.1 Å². The summed E-state index contributed by atoms with van der Waals surface area (Å²) in [7, 11) is 0. The number of nitrogens with zero attached hydrogens (tertiary/aromatic N) is 5. The molecule has 1 aliphatic heterocycles. The lowest BCUT2D eigenvalue weighted by atomic mass is 10.1. The Kier molecular flexibility index (Phi) is 4.71. The molecule has 1 amide bonds. The third-order valence-electron chi connectivity index (χ3n) is 4.62. The second-order valence-electron chi connectivity index (χ2n) is 6.34. The topological polar surface area (TPSA) is 106 Å². The average molecular weight is 379 g/mol. The summed E-state index contributed by atoms with van der Waals surface area (Å²) in [5.74, 6) is 1.19. The zero-order valence-electron chi connectivity index (χ0n) is 14.9. The first kappa shape index (κ1) is 17.7. The van der Waals surface area contributed by atoms with Crippen LogP contribution in [0.2, 0.25) is 0 Å². The van der Waals surface area contributed by atoms with Crippen molar-refractivity contribution >= 4 is 17.4 Å². The monoisotopic (exact) mass is 379 g/mol. The molecule has 0 unspecified atom stereocenters. The summed E-state index contributed by atoms with van der Waals surface area (Å²) in [6.07, 6.45) is 1.59. The minimum absolute atomic E-state index is 0.0867. The lowest BCUT2D eigenvalue weighted by Gasteiger charge is -2.35. The number of nitro benzene ring substituents is 1.